The monoisotopic (exact) mass is 332 g/mol. The predicted octanol–water partition coefficient (Wildman–Crippen LogP) is 4.36. The number of hydrogen-bond donors (Lipinski definition) is 1. The Balaban J connectivity index is 2.38. The van der Waals surface area contributed by atoms with Gasteiger partial charge in [0, 0.05) is 8.95 Å². The minimum absolute atomic E-state index is 0.624. The zero-order valence-electron chi connectivity index (χ0n) is 8.47. The predicted molar refractivity (Wildman–Crippen MR) is 68.8 cm³/mol. The third-order valence-electron chi connectivity index (χ3n) is 3.11. The number of hydrogen-bond acceptors (Lipinski definition) is 1. The van der Waals surface area contributed by atoms with Crippen LogP contribution in [0.15, 0.2) is 27.1 Å². The van der Waals surface area contributed by atoms with Gasteiger partial charge in [-0.1, -0.05) is 51.1 Å². The third-order valence-corrected chi connectivity index (χ3v) is 4.30. The number of halogens is 2. The first-order valence-corrected chi connectivity index (χ1v) is 6.88. The van der Waals surface area contributed by atoms with Crippen LogP contribution in [0.2, 0.25) is 0 Å². The van der Waals surface area contributed by atoms with Crippen molar-refractivity contribution in [2.75, 3.05) is 0 Å². The SMILES string of the molecule is OC1(c2cc(Br)ccc2Br)CCCCC1. The van der Waals surface area contributed by atoms with Crippen LogP contribution in [0.4, 0.5) is 0 Å². The maximum Gasteiger partial charge on any atom is 0.0907 e. The highest BCUT2D eigenvalue weighted by atomic mass is 79.9. The Morgan fingerprint density at radius 1 is 1.07 bits per heavy atom. The van der Waals surface area contributed by atoms with Crippen LogP contribution >= 0.6 is 31.9 Å². The van der Waals surface area contributed by atoms with E-state index < -0.39 is 5.60 Å². The van der Waals surface area contributed by atoms with Crippen LogP contribution < -0.4 is 0 Å². The second kappa shape index (κ2) is 4.56. The highest BCUT2D eigenvalue weighted by molar-refractivity contribution is 9.11. The third kappa shape index (κ3) is 2.45. The Hall–Kier alpha value is 0.140. The molecule has 1 saturated carbocycles. The molecule has 0 unspecified atom stereocenters. The van der Waals surface area contributed by atoms with Crippen molar-refractivity contribution in [3.63, 3.8) is 0 Å². The van der Waals surface area contributed by atoms with Crippen LogP contribution in [0.25, 0.3) is 0 Å². The highest BCUT2D eigenvalue weighted by Gasteiger charge is 2.32. The van der Waals surface area contributed by atoms with E-state index >= 15 is 0 Å². The van der Waals surface area contributed by atoms with Crippen molar-refractivity contribution in [3.8, 4) is 0 Å². The fourth-order valence-electron chi connectivity index (χ4n) is 2.26. The van der Waals surface area contributed by atoms with Gasteiger partial charge < -0.3 is 5.11 Å². The molecule has 0 atom stereocenters. The molecular weight excluding hydrogens is 320 g/mol. The van der Waals surface area contributed by atoms with E-state index in [2.05, 4.69) is 31.9 Å². The summed E-state index contributed by atoms with van der Waals surface area (Å²) < 4.78 is 2.04. The Morgan fingerprint density at radius 3 is 2.40 bits per heavy atom. The average molecular weight is 334 g/mol. The van der Waals surface area contributed by atoms with Crippen molar-refractivity contribution in [3.05, 3.63) is 32.7 Å². The largest absolute Gasteiger partial charge is 0.385 e. The Bertz CT molecular complexity index is 357. The van der Waals surface area contributed by atoms with Gasteiger partial charge in [-0.05, 0) is 36.6 Å². The van der Waals surface area contributed by atoms with Gasteiger partial charge in [-0.25, -0.2) is 0 Å². The summed E-state index contributed by atoms with van der Waals surface area (Å²) in [6.45, 7) is 0. The smallest absolute Gasteiger partial charge is 0.0907 e. The summed E-state index contributed by atoms with van der Waals surface area (Å²) in [6, 6.07) is 6.00. The second-order valence-electron chi connectivity index (χ2n) is 4.22. The average Bonchev–Trinajstić information content (AvgIpc) is 2.23. The molecule has 2 rings (SSSR count). The summed E-state index contributed by atoms with van der Waals surface area (Å²) in [5.41, 5.74) is 0.400. The van der Waals surface area contributed by atoms with E-state index in [0.29, 0.717) is 0 Å². The highest BCUT2D eigenvalue weighted by Crippen LogP contribution is 2.40. The van der Waals surface area contributed by atoms with Crippen LogP contribution in [0.1, 0.15) is 37.7 Å². The first-order valence-electron chi connectivity index (χ1n) is 5.30. The zero-order valence-corrected chi connectivity index (χ0v) is 11.6. The molecule has 1 N–H and O–H groups in total. The summed E-state index contributed by atoms with van der Waals surface area (Å²) in [5, 5.41) is 10.6. The molecule has 82 valence electrons. The van der Waals surface area contributed by atoms with E-state index in [1.54, 1.807) is 0 Å². The minimum Gasteiger partial charge on any atom is -0.385 e. The van der Waals surface area contributed by atoms with Crippen LogP contribution in [0, 0.1) is 0 Å². The molecular formula is C12H14Br2O. The van der Waals surface area contributed by atoms with Crippen molar-refractivity contribution in [2.24, 2.45) is 0 Å². The first-order chi connectivity index (χ1) is 7.12. The molecule has 1 aliphatic rings. The fourth-order valence-corrected chi connectivity index (χ4v) is 3.24. The van der Waals surface area contributed by atoms with E-state index in [9.17, 15) is 5.11 Å². The Morgan fingerprint density at radius 2 is 1.73 bits per heavy atom. The molecule has 0 heterocycles. The molecule has 0 radical (unpaired) electrons. The van der Waals surface area contributed by atoms with Crippen molar-refractivity contribution in [1.82, 2.24) is 0 Å². The van der Waals surface area contributed by atoms with Gasteiger partial charge >= 0.3 is 0 Å². The number of benzene rings is 1. The summed E-state index contributed by atoms with van der Waals surface area (Å²) >= 11 is 6.98. The lowest BCUT2D eigenvalue weighted by Gasteiger charge is -2.33. The fraction of sp³-hybridized carbons (Fsp3) is 0.500. The van der Waals surface area contributed by atoms with Crippen LogP contribution in [0.5, 0.6) is 0 Å². The maximum atomic E-state index is 10.6. The molecule has 1 nitrogen and oxygen atoms in total. The molecule has 1 aromatic rings. The molecule has 0 bridgehead atoms. The molecule has 0 aliphatic heterocycles. The molecule has 1 fully saturated rings. The molecule has 15 heavy (non-hydrogen) atoms. The van der Waals surface area contributed by atoms with E-state index in [0.717, 1.165) is 40.2 Å². The molecule has 0 aromatic heterocycles. The van der Waals surface area contributed by atoms with Crippen LogP contribution in [-0.2, 0) is 5.60 Å². The van der Waals surface area contributed by atoms with Gasteiger partial charge in [-0.3, -0.25) is 0 Å². The van der Waals surface area contributed by atoms with Gasteiger partial charge in [-0.2, -0.15) is 0 Å². The molecule has 1 aliphatic carbocycles. The number of aliphatic hydroxyl groups is 1. The lowest BCUT2D eigenvalue weighted by Crippen LogP contribution is -2.28. The molecule has 1 aromatic carbocycles. The minimum atomic E-state index is -0.624. The van der Waals surface area contributed by atoms with E-state index in [1.807, 2.05) is 18.2 Å². The Kier molecular flexibility index (Phi) is 3.53. The van der Waals surface area contributed by atoms with Gasteiger partial charge in [0.1, 0.15) is 0 Å². The van der Waals surface area contributed by atoms with Crippen LogP contribution in [-0.4, -0.2) is 5.11 Å². The first kappa shape index (κ1) is 11.6. The molecule has 0 saturated heterocycles. The van der Waals surface area contributed by atoms with Gasteiger partial charge in [0.2, 0.25) is 0 Å². The van der Waals surface area contributed by atoms with E-state index in [-0.39, 0.29) is 0 Å². The van der Waals surface area contributed by atoms with Crippen LogP contribution in [0.3, 0.4) is 0 Å². The van der Waals surface area contributed by atoms with Crippen molar-refractivity contribution < 1.29 is 5.11 Å². The van der Waals surface area contributed by atoms with Crippen molar-refractivity contribution in [2.45, 2.75) is 37.7 Å². The summed E-state index contributed by atoms with van der Waals surface area (Å²) in [4.78, 5) is 0. The van der Waals surface area contributed by atoms with Gasteiger partial charge in [-0.15, -0.1) is 0 Å². The normalized spacial score (nSPS) is 20.2. The van der Waals surface area contributed by atoms with Gasteiger partial charge in [0.05, 0.1) is 5.60 Å². The lowest BCUT2D eigenvalue weighted by atomic mass is 9.80. The number of rotatable bonds is 1. The van der Waals surface area contributed by atoms with E-state index in [4.69, 9.17) is 0 Å². The molecule has 3 heteroatoms. The van der Waals surface area contributed by atoms with Crippen molar-refractivity contribution >= 4 is 31.9 Å². The standard InChI is InChI=1S/C12H14Br2O/c13-9-4-5-11(14)10(8-9)12(15)6-2-1-3-7-12/h4-5,8,15H,1-3,6-7H2. The topological polar surface area (TPSA) is 20.2 Å². The maximum absolute atomic E-state index is 10.6. The van der Waals surface area contributed by atoms with Gasteiger partial charge in [0.25, 0.3) is 0 Å². The molecule has 0 amide bonds. The van der Waals surface area contributed by atoms with Crippen molar-refractivity contribution in [1.29, 1.82) is 0 Å². The van der Waals surface area contributed by atoms with Gasteiger partial charge in [0.15, 0.2) is 0 Å². The zero-order chi connectivity index (χ0) is 10.9. The second-order valence-corrected chi connectivity index (χ2v) is 5.99. The molecule has 0 spiro atoms. The summed E-state index contributed by atoms with van der Waals surface area (Å²) in [7, 11) is 0. The summed E-state index contributed by atoms with van der Waals surface area (Å²) in [5.74, 6) is 0. The lowest BCUT2D eigenvalue weighted by molar-refractivity contribution is -0.00133. The quantitative estimate of drug-likeness (QED) is 0.809. The Labute approximate surface area is 107 Å². The summed E-state index contributed by atoms with van der Waals surface area (Å²) in [6.07, 6.45) is 5.24. The van der Waals surface area contributed by atoms with E-state index in [1.165, 1.54) is 6.42 Å².